The lowest BCUT2D eigenvalue weighted by molar-refractivity contribution is 0.0247. The zero-order chi connectivity index (χ0) is 13.2. The summed E-state index contributed by atoms with van der Waals surface area (Å²) in [5.41, 5.74) is 0.402. The number of aromatic nitrogens is 1. The molecule has 0 N–H and O–H groups in total. The average molecular weight is 282 g/mol. The number of ether oxygens (including phenoxy) is 2. The van der Waals surface area contributed by atoms with Crippen LogP contribution in [-0.2, 0) is 9.47 Å². The minimum atomic E-state index is -0.366. The highest BCUT2D eigenvalue weighted by molar-refractivity contribution is 7.13. The molecular weight excluding hydrogens is 264 g/mol. The zero-order valence-electron chi connectivity index (χ0n) is 11.0. The fraction of sp³-hybridized carbons (Fsp3) is 0.692. The molecule has 0 radical (unpaired) electrons. The van der Waals surface area contributed by atoms with E-state index in [-0.39, 0.29) is 5.97 Å². The van der Waals surface area contributed by atoms with Crippen LogP contribution in [0.2, 0.25) is 0 Å². The van der Waals surface area contributed by atoms with Gasteiger partial charge >= 0.3 is 5.97 Å². The van der Waals surface area contributed by atoms with Crippen LogP contribution in [0.1, 0.15) is 36.2 Å². The summed E-state index contributed by atoms with van der Waals surface area (Å²) in [5.74, 6) is -0.366. The van der Waals surface area contributed by atoms with Crippen LogP contribution in [0.25, 0.3) is 0 Å². The van der Waals surface area contributed by atoms with Crippen molar-refractivity contribution in [1.82, 2.24) is 4.98 Å². The van der Waals surface area contributed by atoms with Gasteiger partial charge in [0.25, 0.3) is 0 Å². The largest absolute Gasteiger partial charge is 0.464 e. The Balaban J connectivity index is 1.55. The Bertz CT molecular complexity index is 450. The van der Waals surface area contributed by atoms with Crippen molar-refractivity contribution in [2.24, 2.45) is 0 Å². The predicted octanol–water partition coefficient (Wildman–Crippen LogP) is 2.08. The molecule has 3 rings (SSSR count). The highest BCUT2D eigenvalue weighted by atomic mass is 32.1. The molecule has 5 nitrogen and oxygen atoms in total. The lowest BCUT2D eigenvalue weighted by atomic mass is 10.1. The summed E-state index contributed by atoms with van der Waals surface area (Å²) in [6, 6.07) is 0. The average Bonchev–Trinajstić information content (AvgIpc) is 3.12. The first kappa shape index (κ1) is 12.9. The Morgan fingerprint density at radius 2 is 2.00 bits per heavy atom. The summed E-state index contributed by atoms with van der Waals surface area (Å²) >= 11 is 1.50. The van der Waals surface area contributed by atoms with Crippen molar-refractivity contribution in [1.29, 1.82) is 0 Å². The van der Waals surface area contributed by atoms with Gasteiger partial charge in [0.05, 0.1) is 19.3 Å². The van der Waals surface area contributed by atoms with Crippen LogP contribution in [0.5, 0.6) is 0 Å². The first-order valence-electron chi connectivity index (χ1n) is 6.70. The maximum Gasteiger partial charge on any atom is 0.357 e. The Hall–Kier alpha value is -1.14. The van der Waals surface area contributed by atoms with Gasteiger partial charge in [0.15, 0.2) is 10.8 Å². The topological polar surface area (TPSA) is 51.7 Å². The molecule has 1 aromatic rings. The Morgan fingerprint density at radius 1 is 1.32 bits per heavy atom. The molecule has 6 heteroatoms. The quantitative estimate of drug-likeness (QED) is 0.791. The van der Waals surface area contributed by atoms with E-state index in [0.717, 1.165) is 31.1 Å². The smallest absolute Gasteiger partial charge is 0.357 e. The molecular formula is C13H18N2O3S. The molecule has 0 unspecified atom stereocenters. The van der Waals surface area contributed by atoms with Crippen LogP contribution in [-0.4, -0.2) is 43.4 Å². The molecule has 0 spiro atoms. The monoisotopic (exact) mass is 282 g/mol. The second-order valence-electron chi connectivity index (χ2n) is 5.03. The molecule has 0 bridgehead atoms. The minimum absolute atomic E-state index is 0.366. The molecule has 0 amide bonds. The van der Waals surface area contributed by atoms with Gasteiger partial charge in [0.2, 0.25) is 0 Å². The van der Waals surface area contributed by atoms with Gasteiger partial charge in [0, 0.05) is 18.5 Å². The number of hydrogen-bond donors (Lipinski definition) is 0. The molecule has 1 aliphatic heterocycles. The summed E-state index contributed by atoms with van der Waals surface area (Å²) < 4.78 is 10.6. The number of hydrogen-bond acceptors (Lipinski definition) is 6. The molecule has 104 valence electrons. The van der Waals surface area contributed by atoms with Crippen LogP contribution in [0.4, 0.5) is 5.13 Å². The van der Waals surface area contributed by atoms with Gasteiger partial charge in [-0.05, 0) is 25.7 Å². The Morgan fingerprint density at radius 3 is 2.63 bits per heavy atom. The van der Waals surface area contributed by atoms with Crippen molar-refractivity contribution in [2.75, 3.05) is 25.1 Å². The molecule has 1 saturated carbocycles. The summed E-state index contributed by atoms with van der Waals surface area (Å²) in [7, 11) is 1.38. The molecule has 2 heterocycles. The van der Waals surface area contributed by atoms with E-state index in [1.807, 2.05) is 0 Å². The molecule has 1 aliphatic carbocycles. The third kappa shape index (κ3) is 3.06. The summed E-state index contributed by atoms with van der Waals surface area (Å²) in [4.78, 5) is 17.9. The fourth-order valence-corrected chi connectivity index (χ4v) is 3.12. The predicted molar refractivity (Wildman–Crippen MR) is 72.8 cm³/mol. The number of piperidine rings is 1. The second-order valence-corrected chi connectivity index (χ2v) is 5.87. The standard InChI is InChI=1S/C13H18N2O3S/c1-17-12(16)11-8-19-13(14-11)15-6-4-10(5-7-15)18-9-2-3-9/h8-10H,2-7H2,1H3. The SMILES string of the molecule is COC(=O)c1csc(N2CCC(OC3CC3)CC2)n1. The number of carbonyl (C=O) groups excluding carboxylic acids is 1. The molecule has 19 heavy (non-hydrogen) atoms. The van der Waals surface area contributed by atoms with Crippen LogP contribution in [0.3, 0.4) is 0 Å². The third-order valence-electron chi connectivity index (χ3n) is 3.51. The fourth-order valence-electron chi connectivity index (χ4n) is 2.27. The lowest BCUT2D eigenvalue weighted by Crippen LogP contribution is -2.37. The van der Waals surface area contributed by atoms with Crippen molar-refractivity contribution in [3.05, 3.63) is 11.1 Å². The maximum atomic E-state index is 11.4. The van der Waals surface area contributed by atoms with Gasteiger partial charge < -0.3 is 14.4 Å². The van der Waals surface area contributed by atoms with E-state index in [1.54, 1.807) is 5.38 Å². The molecule has 0 atom stereocenters. The first-order valence-corrected chi connectivity index (χ1v) is 7.58. The van der Waals surface area contributed by atoms with E-state index in [9.17, 15) is 4.79 Å². The number of rotatable bonds is 4. The van der Waals surface area contributed by atoms with E-state index >= 15 is 0 Å². The van der Waals surface area contributed by atoms with Crippen molar-refractivity contribution in [3.63, 3.8) is 0 Å². The molecule has 1 saturated heterocycles. The van der Waals surface area contributed by atoms with Gasteiger partial charge in [-0.1, -0.05) is 0 Å². The van der Waals surface area contributed by atoms with Crippen LogP contribution < -0.4 is 4.90 Å². The van der Waals surface area contributed by atoms with E-state index < -0.39 is 0 Å². The van der Waals surface area contributed by atoms with Crippen LogP contribution in [0.15, 0.2) is 5.38 Å². The lowest BCUT2D eigenvalue weighted by Gasteiger charge is -2.31. The molecule has 1 aromatic heterocycles. The van der Waals surface area contributed by atoms with Gasteiger partial charge in [0.1, 0.15) is 0 Å². The number of nitrogens with zero attached hydrogens (tertiary/aromatic N) is 2. The molecule has 2 aliphatic rings. The molecule has 2 fully saturated rings. The van der Waals surface area contributed by atoms with E-state index in [2.05, 4.69) is 14.6 Å². The minimum Gasteiger partial charge on any atom is -0.464 e. The zero-order valence-corrected chi connectivity index (χ0v) is 11.8. The summed E-state index contributed by atoms with van der Waals surface area (Å²) in [6.07, 6.45) is 5.49. The van der Waals surface area contributed by atoms with Gasteiger partial charge in [-0.2, -0.15) is 0 Å². The molecule has 0 aromatic carbocycles. The van der Waals surface area contributed by atoms with Crippen molar-refractivity contribution in [3.8, 4) is 0 Å². The number of anilines is 1. The highest BCUT2D eigenvalue weighted by Crippen LogP contribution is 2.30. The number of methoxy groups -OCH3 is 1. The number of thiazole rings is 1. The van der Waals surface area contributed by atoms with Crippen LogP contribution in [0, 0.1) is 0 Å². The van der Waals surface area contributed by atoms with Crippen molar-refractivity contribution < 1.29 is 14.3 Å². The summed E-state index contributed by atoms with van der Waals surface area (Å²) in [6.45, 7) is 1.90. The summed E-state index contributed by atoms with van der Waals surface area (Å²) in [5, 5.41) is 2.67. The normalized spacial score (nSPS) is 20.6. The van der Waals surface area contributed by atoms with Crippen molar-refractivity contribution >= 4 is 22.4 Å². The van der Waals surface area contributed by atoms with Gasteiger partial charge in [-0.3, -0.25) is 0 Å². The Kier molecular flexibility index (Phi) is 3.70. The van der Waals surface area contributed by atoms with Gasteiger partial charge in [-0.25, -0.2) is 9.78 Å². The van der Waals surface area contributed by atoms with Crippen molar-refractivity contribution in [2.45, 2.75) is 37.9 Å². The van der Waals surface area contributed by atoms with E-state index in [4.69, 9.17) is 4.74 Å². The number of esters is 1. The van der Waals surface area contributed by atoms with E-state index in [0.29, 0.717) is 17.9 Å². The van der Waals surface area contributed by atoms with E-state index in [1.165, 1.54) is 31.3 Å². The van der Waals surface area contributed by atoms with Crippen LogP contribution >= 0.6 is 11.3 Å². The van der Waals surface area contributed by atoms with Gasteiger partial charge in [-0.15, -0.1) is 11.3 Å². The Labute approximate surface area is 116 Å². The maximum absolute atomic E-state index is 11.4. The first-order chi connectivity index (χ1) is 9.26. The third-order valence-corrected chi connectivity index (χ3v) is 4.41. The highest BCUT2D eigenvalue weighted by Gasteiger charge is 2.29. The number of carbonyl (C=O) groups is 1. The second kappa shape index (κ2) is 5.46.